The minimum absolute atomic E-state index is 0.0367. The number of sulfonamides is 1. The number of rotatable bonds is 8. The van der Waals surface area contributed by atoms with E-state index in [9.17, 15) is 22.8 Å². The lowest BCUT2D eigenvalue weighted by Gasteiger charge is -2.18. The third kappa shape index (κ3) is 5.86. The number of benzene rings is 3. The summed E-state index contributed by atoms with van der Waals surface area (Å²) in [7, 11) is -4.04. The van der Waals surface area contributed by atoms with Crippen LogP contribution in [0.1, 0.15) is 26.3 Å². The van der Waals surface area contributed by atoms with Crippen molar-refractivity contribution in [2.45, 2.75) is 11.4 Å². The Hall–Kier alpha value is -3.73. The first-order valence-corrected chi connectivity index (χ1v) is 12.2. The average molecular weight is 515 g/mol. The molecule has 1 aliphatic rings. The second-order valence-corrected chi connectivity index (χ2v) is 9.65. The highest BCUT2D eigenvalue weighted by atomic mass is 35.5. The van der Waals surface area contributed by atoms with Crippen LogP contribution in [0.2, 0.25) is 5.02 Å². The van der Waals surface area contributed by atoms with Crippen molar-refractivity contribution in [1.29, 1.82) is 0 Å². The number of hydrogen-bond acceptors (Lipinski definition) is 7. The number of nitrogens with one attached hydrogen (secondary N) is 2. The smallest absolute Gasteiger partial charge is 0.338 e. The zero-order chi connectivity index (χ0) is 25.0. The van der Waals surface area contributed by atoms with Crippen molar-refractivity contribution in [3.63, 3.8) is 0 Å². The van der Waals surface area contributed by atoms with Gasteiger partial charge in [0.2, 0.25) is 10.0 Å². The zero-order valence-electron chi connectivity index (χ0n) is 18.1. The summed E-state index contributed by atoms with van der Waals surface area (Å²) in [5.74, 6) is -1.34. The van der Waals surface area contributed by atoms with Crippen LogP contribution in [0.3, 0.4) is 0 Å². The molecule has 0 fully saturated rings. The number of ether oxygens (including phenoxy) is 2. The third-order valence-corrected chi connectivity index (χ3v) is 6.92. The quantitative estimate of drug-likeness (QED) is 0.349. The summed E-state index contributed by atoms with van der Waals surface area (Å²) in [5, 5.41) is 2.52. The van der Waals surface area contributed by atoms with Crippen LogP contribution in [0.15, 0.2) is 71.6 Å². The monoisotopic (exact) mass is 514 g/mol. The minimum Gasteiger partial charge on any atom is -0.482 e. The van der Waals surface area contributed by atoms with Crippen LogP contribution in [0, 0.1) is 0 Å². The van der Waals surface area contributed by atoms with E-state index in [0.717, 1.165) is 11.6 Å². The molecule has 0 radical (unpaired) electrons. The van der Waals surface area contributed by atoms with E-state index in [4.69, 9.17) is 21.1 Å². The van der Waals surface area contributed by atoms with Crippen LogP contribution in [-0.4, -0.2) is 39.3 Å². The summed E-state index contributed by atoms with van der Waals surface area (Å²) in [6.45, 7) is -0.670. The molecule has 180 valence electrons. The standard InChI is InChI=1S/C24H19ClN2O7S/c25-18-8-6-17(11-22(18)35(31,32)26-12-15-4-2-1-3-5-15)24(30)34-13-20(28)16-7-9-21-19(10-16)27-23(29)14-33-21/h1-11,26H,12-14H2,(H,27,29). The van der Waals surface area contributed by atoms with Crippen molar-refractivity contribution in [2.24, 2.45) is 0 Å². The molecule has 3 aromatic rings. The van der Waals surface area contributed by atoms with Crippen molar-refractivity contribution in [3.05, 3.63) is 88.4 Å². The van der Waals surface area contributed by atoms with E-state index in [1.165, 1.54) is 30.3 Å². The average Bonchev–Trinajstić information content (AvgIpc) is 2.86. The van der Waals surface area contributed by atoms with Crippen molar-refractivity contribution in [3.8, 4) is 5.75 Å². The van der Waals surface area contributed by atoms with Gasteiger partial charge in [0.15, 0.2) is 19.0 Å². The first kappa shape index (κ1) is 24.4. The summed E-state index contributed by atoms with van der Waals surface area (Å²) in [6.07, 6.45) is 0. The molecule has 1 heterocycles. The fourth-order valence-corrected chi connectivity index (χ4v) is 4.78. The molecule has 11 heteroatoms. The lowest BCUT2D eigenvalue weighted by Crippen LogP contribution is -2.25. The Labute approximate surface area is 206 Å². The van der Waals surface area contributed by atoms with Gasteiger partial charge in [-0.3, -0.25) is 9.59 Å². The van der Waals surface area contributed by atoms with Gasteiger partial charge in [0.25, 0.3) is 5.91 Å². The topological polar surface area (TPSA) is 128 Å². The van der Waals surface area contributed by atoms with Crippen molar-refractivity contribution in [2.75, 3.05) is 18.5 Å². The van der Waals surface area contributed by atoms with Gasteiger partial charge in [-0.05, 0) is 42.0 Å². The molecular weight excluding hydrogens is 496 g/mol. The number of amides is 1. The van der Waals surface area contributed by atoms with Gasteiger partial charge < -0.3 is 14.8 Å². The number of anilines is 1. The summed E-state index contributed by atoms with van der Waals surface area (Å²) < 4.78 is 38.3. The number of halogens is 1. The van der Waals surface area contributed by atoms with Crippen molar-refractivity contribution >= 4 is 45.0 Å². The number of Topliss-reactive ketones (excluding diaryl/α,β-unsaturated/α-hetero) is 1. The van der Waals surface area contributed by atoms with Crippen LogP contribution >= 0.6 is 11.6 Å². The lowest BCUT2D eigenvalue weighted by atomic mass is 10.1. The highest BCUT2D eigenvalue weighted by molar-refractivity contribution is 7.89. The molecule has 4 rings (SSSR count). The summed E-state index contributed by atoms with van der Waals surface area (Å²) in [5.41, 5.74) is 1.20. The predicted molar refractivity (Wildman–Crippen MR) is 127 cm³/mol. The second kappa shape index (κ2) is 10.3. The zero-order valence-corrected chi connectivity index (χ0v) is 19.7. The van der Waals surface area contributed by atoms with Gasteiger partial charge in [-0.15, -0.1) is 0 Å². The number of esters is 1. The number of carbonyl (C=O) groups excluding carboxylic acids is 3. The van der Waals surface area contributed by atoms with Gasteiger partial charge in [0.1, 0.15) is 10.6 Å². The molecule has 3 aromatic carbocycles. The van der Waals surface area contributed by atoms with Crippen LogP contribution in [0.5, 0.6) is 5.75 Å². The molecule has 1 amide bonds. The van der Waals surface area contributed by atoms with Gasteiger partial charge in [-0.1, -0.05) is 41.9 Å². The Morgan fingerprint density at radius 3 is 2.54 bits per heavy atom. The number of fused-ring (bicyclic) bond motifs is 1. The minimum atomic E-state index is -4.04. The van der Waals surface area contributed by atoms with Crippen LogP contribution < -0.4 is 14.8 Å². The van der Waals surface area contributed by atoms with Gasteiger partial charge in [0, 0.05) is 12.1 Å². The van der Waals surface area contributed by atoms with Crippen molar-refractivity contribution in [1.82, 2.24) is 4.72 Å². The fourth-order valence-electron chi connectivity index (χ4n) is 3.24. The molecule has 9 nitrogen and oxygen atoms in total. The Bertz CT molecular complexity index is 1410. The highest BCUT2D eigenvalue weighted by Crippen LogP contribution is 2.29. The molecule has 0 spiro atoms. The summed E-state index contributed by atoms with van der Waals surface area (Å²) >= 11 is 6.08. The summed E-state index contributed by atoms with van der Waals surface area (Å²) in [6, 6.07) is 17.0. The Morgan fingerprint density at radius 1 is 1.03 bits per heavy atom. The number of hydrogen-bond donors (Lipinski definition) is 2. The first-order valence-electron chi connectivity index (χ1n) is 10.3. The Morgan fingerprint density at radius 2 is 1.77 bits per heavy atom. The van der Waals surface area contributed by atoms with Crippen LogP contribution in [-0.2, 0) is 26.1 Å². The highest BCUT2D eigenvalue weighted by Gasteiger charge is 2.22. The lowest BCUT2D eigenvalue weighted by molar-refractivity contribution is -0.118. The Kier molecular flexibility index (Phi) is 7.15. The molecule has 1 aliphatic heterocycles. The number of carbonyl (C=O) groups is 3. The van der Waals surface area contributed by atoms with E-state index in [2.05, 4.69) is 10.0 Å². The normalized spacial score (nSPS) is 12.8. The molecule has 0 saturated carbocycles. The maximum atomic E-state index is 12.8. The largest absolute Gasteiger partial charge is 0.482 e. The van der Waals surface area contributed by atoms with E-state index in [0.29, 0.717) is 11.4 Å². The van der Waals surface area contributed by atoms with E-state index in [1.54, 1.807) is 24.3 Å². The fraction of sp³-hybridized carbons (Fsp3) is 0.125. The molecule has 0 bridgehead atoms. The summed E-state index contributed by atoms with van der Waals surface area (Å²) in [4.78, 5) is 36.2. The molecule has 0 aliphatic carbocycles. The predicted octanol–water partition coefficient (Wildman–Crippen LogP) is 3.19. The van der Waals surface area contributed by atoms with Crippen molar-refractivity contribution < 1.29 is 32.3 Å². The van der Waals surface area contributed by atoms with E-state index in [-0.39, 0.29) is 40.1 Å². The maximum absolute atomic E-state index is 12.8. The first-order chi connectivity index (χ1) is 16.7. The molecule has 0 unspecified atom stereocenters. The van der Waals surface area contributed by atoms with Gasteiger partial charge in [-0.2, -0.15) is 0 Å². The van der Waals surface area contributed by atoms with Crippen LogP contribution in [0.25, 0.3) is 0 Å². The van der Waals surface area contributed by atoms with E-state index < -0.39 is 28.4 Å². The molecule has 0 saturated heterocycles. The SMILES string of the molecule is O=C1COc2ccc(C(=O)COC(=O)c3ccc(Cl)c(S(=O)(=O)NCc4ccccc4)c3)cc2N1. The van der Waals surface area contributed by atoms with E-state index >= 15 is 0 Å². The second-order valence-electron chi connectivity index (χ2n) is 7.50. The Balaban J connectivity index is 1.43. The molecule has 0 atom stereocenters. The third-order valence-electron chi connectivity index (χ3n) is 5.03. The van der Waals surface area contributed by atoms with E-state index in [1.807, 2.05) is 6.07 Å². The molecular formula is C24H19ClN2O7S. The van der Waals surface area contributed by atoms with Crippen LogP contribution in [0.4, 0.5) is 5.69 Å². The number of ketones is 1. The molecule has 2 N–H and O–H groups in total. The van der Waals surface area contributed by atoms with Gasteiger partial charge >= 0.3 is 5.97 Å². The van der Waals surface area contributed by atoms with Gasteiger partial charge in [0.05, 0.1) is 16.3 Å². The molecule has 35 heavy (non-hydrogen) atoms. The van der Waals surface area contributed by atoms with Gasteiger partial charge in [-0.25, -0.2) is 17.9 Å². The molecule has 0 aromatic heterocycles. The maximum Gasteiger partial charge on any atom is 0.338 e.